The maximum atomic E-state index is 13.1. The Hall–Kier alpha value is -2.18. The van der Waals surface area contributed by atoms with Crippen LogP contribution in [0.4, 0.5) is 0 Å². The summed E-state index contributed by atoms with van der Waals surface area (Å²) in [4.78, 5) is 12.6. The molecule has 0 radical (unpaired) electrons. The summed E-state index contributed by atoms with van der Waals surface area (Å²) in [6, 6.07) is 15.9. The molecule has 0 heterocycles. The molecule has 6 heteroatoms. The average molecular weight is 375 g/mol. The molecular weight excluding hydrogens is 348 g/mol. The van der Waals surface area contributed by atoms with Gasteiger partial charge in [-0.2, -0.15) is 4.31 Å². The summed E-state index contributed by atoms with van der Waals surface area (Å²) in [5.74, 6) is -0.330. The first-order chi connectivity index (χ1) is 12.1. The van der Waals surface area contributed by atoms with Crippen LogP contribution in [0.1, 0.15) is 31.9 Å². The summed E-state index contributed by atoms with van der Waals surface area (Å²) >= 11 is 0. The molecule has 0 bridgehead atoms. The minimum atomic E-state index is -3.79. The van der Waals surface area contributed by atoms with E-state index in [0.717, 1.165) is 11.1 Å². The van der Waals surface area contributed by atoms with Gasteiger partial charge in [0, 0.05) is 12.1 Å². The molecule has 2 aromatic rings. The van der Waals surface area contributed by atoms with Crippen LogP contribution in [0.25, 0.3) is 0 Å². The van der Waals surface area contributed by atoms with Gasteiger partial charge in [0.15, 0.2) is 0 Å². The van der Waals surface area contributed by atoms with Gasteiger partial charge in [-0.05, 0) is 45.4 Å². The number of benzene rings is 2. The van der Waals surface area contributed by atoms with E-state index in [4.69, 9.17) is 0 Å². The van der Waals surface area contributed by atoms with Crippen molar-refractivity contribution >= 4 is 15.9 Å². The fraction of sp³-hybridized carbons (Fsp3) is 0.350. The lowest BCUT2D eigenvalue weighted by molar-refractivity contribution is -0.122. The zero-order valence-electron chi connectivity index (χ0n) is 15.7. The molecule has 0 aliphatic rings. The van der Waals surface area contributed by atoms with Crippen LogP contribution in [0.2, 0.25) is 0 Å². The molecule has 140 valence electrons. The Labute approximate surface area is 156 Å². The van der Waals surface area contributed by atoms with Crippen LogP contribution >= 0.6 is 0 Å². The molecule has 0 unspecified atom stereocenters. The molecule has 0 spiro atoms. The third-order valence-electron chi connectivity index (χ3n) is 3.69. The fourth-order valence-corrected chi connectivity index (χ4v) is 3.87. The van der Waals surface area contributed by atoms with Gasteiger partial charge in [-0.25, -0.2) is 8.42 Å². The Morgan fingerprint density at radius 3 is 2.12 bits per heavy atom. The number of hydrogen-bond donors (Lipinski definition) is 1. The lowest BCUT2D eigenvalue weighted by atomic mass is 10.1. The van der Waals surface area contributed by atoms with E-state index in [-0.39, 0.29) is 23.9 Å². The van der Waals surface area contributed by atoms with E-state index in [2.05, 4.69) is 5.32 Å². The van der Waals surface area contributed by atoms with Crippen LogP contribution in [-0.2, 0) is 21.4 Å². The van der Waals surface area contributed by atoms with Crippen LogP contribution < -0.4 is 5.32 Å². The molecule has 2 aromatic carbocycles. The van der Waals surface area contributed by atoms with E-state index in [9.17, 15) is 13.2 Å². The highest BCUT2D eigenvalue weighted by Gasteiger charge is 2.28. The second-order valence-electron chi connectivity index (χ2n) is 7.37. The number of rotatable bonds is 6. The van der Waals surface area contributed by atoms with E-state index in [0.29, 0.717) is 0 Å². The van der Waals surface area contributed by atoms with Gasteiger partial charge in [-0.1, -0.05) is 48.0 Å². The van der Waals surface area contributed by atoms with Crippen molar-refractivity contribution in [3.05, 3.63) is 65.7 Å². The molecule has 2 rings (SSSR count). The van der Waals surface area contributed by atoms with E-state index in [1.807, 2.05) is 58.0 Å². The summed E-state index contributed by atoms with van der Waals surface area (Å²) < 4.78 is 27.4. The Balaban J connectivity index is 2.32. The summed E-state index contributed by atoms with van der Waals surface area (Å²) in [6.07, 6.45) is 0. The summed E-state index contributed by atoms with van der Waals surface area (Å²) in [6.45, 7) is 7.38. The zero-order chi connectivity index (χ0) is 19.4. The Bertz CT molecular complexity index is 839. The Morgan fingerprint density at radius 1 is 1.00 bits per heavy atom. The first-order valence-electron chi connectivity index (χ1n) is 8.50. The molecule has 0 aliphatic heterocycles. The van der Waals surface area contributed by atoms with Gasteiger partial charge in [0.1, 0.15) is 0 Å². The lowest BCUT2D eigenvalue weighted by Crippen LogP contribution is -2.47. The van der Waals surface area contributed by atoms with Crippen LogP contribution in [0.3, 0.4) is 0 Å². The highest BCUT2D eigenvalue weighted by atomic mass is 32.2. The van der Waals surface area contributed by atoms with E-state index in [1.165, 1.54) is 4.31 Å². The van der Waals surface area contributed by atoms with Crippen LogP contribution in [0.5, 0.6) is 0 Å². The smallest absolute Gasteiger partial charge is 0.243 e. The third-order valence-corrected chi connectivity index (χ3v) is 5.50. The van der Waals surface area contributed by atoms with Gasteiger partial charge in [0.2, 0.25) is 15.9 Å². The predicted octanol–water partition coefficient (Wildman–Crippen LogP) is 3.10. The van der Waals surface area contributed by atoms with Crippen molar-refractivity contribution in [2.75, 3.05) is 6.54 Å². The molecule has 0 atom stereocenters. The van der Waals surface area contributed by atoms with Gasteiger partial charge in [0.05, 0.1) is 11.4 Å². The molecule has 0 fully saturated rings. The number of sulfonamides is 1. The molecule has 0 saturated heterocycles. The lowest BCUT2D eigenvalue weighted by Gasteiger charge is -2.25. The molecule has 0 aliphatic carbocycles. The van der Waals surface area contributed by atoms with E-state index < -0.39 is 15.6 Å². The maximum absolute atomic E-state index is 13.1. The largest absolute Gasteiger partial charge is 0.350 e. The predicted molar refractivity (Wildman–Crippen MR) is 103 cm³/mol. The molecule has 1 amide bonds. The number of amides is 1. The monoisotopic (exact) mass is 374 g/mol. The van der Waals surface area contributed by atoms with Crippen LogP contribution in [0.15, 0.2) is 59.5 Å². The summed E-state index contributed by atoms with van der Waals surface area (Å²) in [5, 5.41) is 2.82. The molecular formula is C20H26N2O3S. The van der Waals surface area contributed by atoms with Gasteiger partial charge < -0.3 is 5.32 Å². The van der Waals surface area contributed by atoms with Crippen molar-refractivity contribution in [1.29, 1.82) is 0 Å². The number of aryl methyl sites for hydroxylation is 1. The van der Waals surface area contributed by atoms with E-state index in [1.54, 1.807) is 24.3 Å². The summed E-state index contributed by atoms with van der Waals surface area (Å²) in [5.41, 5.74) is 1.37. The van der Waals surface area contributed by atoms with Crippen molar-refractivity contribution in [2.45, 2.75) is 44.7 Å². The second-order valence-corrected chi connectivity index (χ2v) is 9.31. The van der Waals surface area contributed by atoms with Crippen LogP contribution in [-0.4, -0.2) is 30.7 Å². The molecule has 0 saturated carbocycles. The van der Waals surface area contributed by atoms with Crippen LogP contribution in [0, 0.1) is 6.92 Å². The van der Waals surface area contributed by atoms with Crippen molar-refractivity contribution in [3.8, 4) is 0 Å². The number of nitrogens with one attached hydrogen (secondary N) is 1. The van der Waals surface area contributed by atoms with Gasteiger partial charge >= 0.3 is 0 Å². The normalized spacial score (nSPS) is 12.2. The summed E-state index contributed by atoms with van der Waals surface area (Å²) in [7, 11) is -3.79. The zero-order valence-corrected chi connectivity index (χ0v) is 16.5. The highest BCUT2D eigenvalue weighted by molar-refractivity contribution is 7.89. The van der Waals surface area contributed by atoms with Crippen molar-refractivity contribution in [1.82, 2.24) is 9.62 Å². The number of hydrogen-bond acceptors (Lipinski definition) is 3. The SMILES string of the molecule is Cc1ccc(S(=O)(=O)N(CC(=O)NC(C)(C)C)Cc2ccccc2)cc1. The standard InChI is InChI=1S/C20H26N2O3S/c1-16-10-12-18(13-11-16)26(24,25)22(14-17-8-6-5-7-9-17)15-19(23)21-20(2,3)4/h5-13H,14-15H2,1-4H3,(H,21,23). The first-order valence-corrected chi connectivity index (χ1v) is 9.94. The van der Waals surface area contributed by atoms with Crippen molar-refractivity contribution in [3.63, 3.8) is 0 Å². The number of carbonyl (C=O) groups excluding carboxylic acids is 1. The molecule has 0 aromatic heterocycles. The topological polar surface area (TPSA) is 66.5 Å². The third kappa shape index (κ3) is 5.68. The van der Waals surface area contributed by atoms with Gasteiger partial charge in [-0.3, -0.25) is 4.79 Å². The minimum absolute atomic E-state index is 0.134. The first kappa shape index (κ1) is 20.1. The molecule has 26 heavy (non-hydrogen) atoms. The number of carbonyl (C=O) groups is 1. The van der Waals surface area contributed by atoms with Crippen molar-refractivity contribution < 1.29 is 13.2 Å². The van der Waals surface area contributed by atoms with Crippen molar-refractivity contribution in [2.24, 2.45) is 0 Å². The van der Waals surface area contributed by atoms with Gasteiger partial charge in [-0.15, -0.1) is 0 Å². The molecule has 1 N–H and O–H groups in total. The molecule has 5 nitrogen and oxygen atoms in total. The second kappa shape index (κ2) is 8.01. The Kier molecular flexibility index (Phi) is 6.21. The van der Waals surface area contributed by atoms with Gasteiger partial charge in [0.25, 0.3) is 0 Å². The minimum Gasteiger partial charge on any atom is -0.350 e. The maximum Gasteiger partial charge on any atom is 0.243 e. The highest BCUT2D eigenvalue weighted by Crippen LogP contribution is 2.19. The Morgan fingerprint density at radius 2 is 1.58 bits per heavy atom. The fourth-order valence-electron chi connectivity index (χ4n) is 2.49. The number of nitrogens with zero attached hydrogens (tertiary/aromatic N) is 1. The quantitative estimate of drug-likeness (QED) is 0.845. The average Bonchev–Trinajstić information content (AvgIpc) is 2.54. The van der Waals surface area contributed by atoms with E-state index >= 15 is 0 Å².